The number of sulfonamides is 1. The number of rotatable bonds is 8. The van der Waals surface area contributed by atoms with Gasteiger partial charge in [-0.1, -0.05) is 17.3 Å². The van der Waals surface area contributed by atoms with Crippen molar-refractivity contribution >= 4 is 10.0 Å². The summed E-state index contributed by atoms with van der Waals surface area (Å²) in [5, 5.41) is 3.93. The van der Waals surface area contributed by atoms with Gasteiger partial charge in [0.2, 0.25) is 10.0 Å². The van der Waals surface area contributed by atoms with E-state index in [1.807, 2.05) is 45.9 Å². The predicted octanol–water partition coefficient (Wildman–Crippen LogP) is 3.75. The van der Waals surface area contributed by atoms with Crippen LogP contribution in [0.15, 0.2) is 45.8 Å². The Morgan fingerprint density at radius 2 is 1.50 bits per heavy atom. The van der Waals surface area contributed by atoms with Crippen LogP contribution in [-0.2, 0) is 23.1 Å². The molecule has 1 heterocycles. The van der Waals surface area contributed by atoms with Gasteiger partial charge in [-0.15, -0.1) is 0 Å². The third-order valence-corrected chi connectivity index (χ3v) is 6.46. The minimum absolute atomic E-state index is 0.159. The molecule has 0 aliphatic carbocycles. The van der Waals surface area contributed by atoms with Gasteiger partial charge in [-0.25, -0.2) is 12.7 Å². The molecule has 160 valence electrons. The van der Waals surface area contributed by atoms with Crippen LogP contribution in [0.1, 0.15) is 34.0 Å². The molecule has 0 bridgehead atoms. The summed E-state index contributed by atoms with van der Waals surface area (Å²) in [5.41, 5.74) is 4.05. The van der Waals surface area contributed by atoms with E-state index < -0.39 is 10.0 Å². The fourth-order valence-electron chi connectivity index (χ4n) is 3.25. The number of likely N-dealkylation sites (N-methyl/N-ethyl adjacent to an activating group) is 1. The lowest BCUT2D eigenvalue weighted by Gasteiger charge is -2.17. The number of aryl methyl sites for hydroxylation is 4. The molecule has 0 aliphatic heterocycles. The second kappa shape index (κ2) is 8.97. The summed E-state index contributed by atoms with van der Waals surface area (Å²) in [6, 6.07) is 11.2. The van der Waals surface area contributed by atoms with Crippen LogP contribution >= 0.6 is 0 Å². The first-order valence-corrected chi connectivity index (χ1v) is 11.1. The lowest BCUT2D eigenvalue weighted by molar-refractivity contribution is 0.242. The highest BCUT2D eigenvalue weighted by Crippen LogP contribution is 2.19. The summed E-state index contributed by atoms with van der Waals surface area (Å²) in [6.07, 6.45) is 0.341. The Balaban J connectivity index is 1.59. The first-order valence-electron chi connectivity index (χ1n) is 9.70. The van der Waals surface area contributed by atoms with Crippen LogP contribution in [0.4, 0.5) is 0 Å². The van der Waals surface area contributed by atoms with Gasteiger partial charge < -0.3 is 9.26 Å². The minimum Gasteiger partial charge on any atom is -0.484 e. The first-order chi connectivity index (χ1) is 14.1. The molecule has 0 spiro atoms. The minimum atomic E-state index is -3.58. The van der Waals surface area contributed by atoms with Crippen LogP contribution < -0.4 is 4.74 Å². The number of ether oxygens (including phenoxy) is 1. The molecule has 0 radical (unpaired) electrons. The molecule has 0 unspecified atom stereocenters. The molecule has 0 atom stereocenters. The Morgan fingerprint density at radius 3 is 2.10 bits per heavy atom. The Hall–Kier alpha value is -2.71. The molecular weight excluding hydrogens is 402 g/mol. The topological polar surface area (TPSA) is 85.5 Å². The highest BCUT2D eigenvalue weighted by Gasteiger charge is 2.22. The van der Waals surface area contributed by atoms with E-state index in [-0.39, 0.29) is 18.0 Å². The van der Waals surface area contributed by atoms with Crippen molar-refractivity contribution in [2.24, 2.45) is 0 Å². The van der Waals surface area contributed by atoms with Gasteiger partial charge in [0.25, 0.3) is 5.89 Å². The van der Waals surface area contributed by atoms with E-state index in [1.165, 1.54) is 4.31 Å². The normalized spacial score (nSPS) is 11.8. The van der Waals surface area contributed by atoms with Crippen LogP contribution in [0.3, 0.4) is 0 Å². The van der Waals surface area contributed by atoms with Crippen LogP contribution in [0, 0.1) is 27.7 Å². The molecule has 0 saturated heterocycles. The van der Waals surface area contributed by atoms with E-state index in [0.717, 1.165) is 28.0 Å². The van der Waals surface area contributed by atoms with Crippen LogP contribution in [-0.4, -0.2) is 36.5 Å². The molecule has 3 rings (SSSR count). The summed E-state index contributed by atoms with van der Waals surface area (Å²) >= 11 is 0. The number of hydrogen-bond donors (Lipinski definition) is 0. The molecule has 0 saturated carbocycles. The standard InChI is InChI=1S/C22H27N3O4S/c1-15-8-16(2)11-19(10-15)28-14-22-23-21(24-29-22)6-7-25(5)30(26,27)20-12-17(3)9-18(4)13-20/h8-13H,6-7,14H2,1-5H3. The smallest absolute Gasteiger partial charge is 0.264 e. The lowest BCUT2D eigenvalue weighted by atomic mass is 10.1. The van der Waals surface area contributed by atoms with Crippen molar-refractivity contribution < 1.29 is 17.7 Å². The summed E-state index contributed by atoms with van der Waals surface area (Å²) in [6.45, 7) is 8.18. The zero-order valence-electron chi connectivity index (χ0n) is 18.0. The summed E-state index contributed by atoms with van der Waals surface area (Å²) < 4.78 is 37.9. The van der Waals surface area contributed by atoms with E-state index >= 15 is 0 Å². The monoisotopic (exact) mass is 429 g/mol. The predicted molar refractivity (Wildman–Crippen MR) is 114 cm³/mol. The average Bonchev–Trinajstić information content (AvgIpc) is 3.10. The quantitative estimate of drug-likeness (QED) is 0.542. The molecular formula is C22H27N3O4S. The molecule has 30 heavy (non-hydrogen) atoms. The molecule has 7 nitrogen and oxygen atoms in total. The van der Waals surface area contributed by atoms with Gasteiger partial charge in [-0.2, -0.15) is 4.98 Å². The van der Waals surface area contributed by atoms with Gasteiger partial charge in [0.15, 0.2) is 12.4 Å². The summed E-state index contributed by atoms with van der Waals surface area (Å²) in [5.74, 6) is 1.53. The van der Waals surface area contributed by atoms with Gasteiger partial charge in [0.1, 0.15) is 5.75 Å². The number of nitrogens with zero attached hydrogens (tertiary/aromatic N) is 3. The van der Waals surface area contributed by atoms with E-state index in [2.05, 4.69) is 16.2 Å². The van der Waals surface area contributed by atoms with Crippen molar-refractivity contribution in [3.63, 3.8) is 0 Å². The lowest BCUT2D eigenvalue weighted by Crippen LogP contribution is -2.29. The molecule has 0 aliphatic rings. The Bertz CT molecular complexity index is 1100. The summed E-state index contributed by atoms with van der Waals surface area (Å²) in [4.78, 5) is 4.59. The molecule has 3 aromatic rings. The number of benzene rings is 2. The van der Waals surface area contributed by atoms with Crippen molar-refractivity contribution in [1.82, 2.24) is 14.4 Å². The van der Waals surface area contributed by atoms with Gasteiger partial charge >= 0.3 is 0 Å². The van der Waals surface area contributed by atoms with Crippen molar-refractivity contribution in [3.8, 4) is 5.75 Å². The van der Waals surface area contributed by atoms with Gasteiger partial charge in [0.05, 0.1) is 4.90 Å². The highest BCUT2D eigenvalue weighted by molar-refractivity contribution is 7.89. The van der Waals surface area contributed by atoms with Crippen molar-refractivity contribution in [2.45, 2.75) is 45.6 Å². The maximum atomic E-state index is 12.8. The van der Waals surface area contributed by atoms with Crippen LogP contribution in [0.25, 0.3) is 0 Å². The maximum absolute atomic E-state index is 12.8. The number of hydrogen-bond acceptors (Lipinski definition) is 6. The first kappa shape index (κ1) is 22.0. The van der Waals surface area contributed by atoms with Gasteiger partial charge in [0, 0.05) is 20.0 Å². The third-order valence-electron chi connectivity index (χ3n) is 4.62. The fourth-order valence-corrected chi connectivity index (χ4v) is 4.61. The van der Waals surface area contributed by atoms with E-state index in [0.29, 0.717) is 18.1 Å². The largest absolute Gasteiger partial charge is 0.484 e. The van der Waals surface area contributed by atoms with Gasteiger partial charge in [-0.05, 0) is 74.2 Å². The molecule has 0 fully saturated rings. The molecule has 8 heteroatoms. The Morgan fingerprint density at radius 1 is 0.933 bits per heavy atom. The molecule has 1 aromatic heterocycles. The van der Waals surface area contributed by atoms with E-state index in [4.69, 9.17) is 9.26 Å². The van der Waals surface area contributed by atoms with Crippen molar-refractivity contribution in [1.29, 1.82) is 0 Å². The van der Waals surface area contributed by atoms with E-state index in [9.17, 15) is 8.42 Å². The SMILES string of the molecule is Cc1cc(C)cc(OCc2nc(CCN(C)S(=O)(=O)c3cc(C)cc(C)c3)no2)c1. The van der Waals surface area contributed by atoms with Crippen LogP contribution in [0.5, 0.6) is 5.75 Å². The fraction of sp³-hybridized carbons (Fsp3) is 0.364. The van der Waals surface area contributed by atoms with Crippen LogP contribution in [0.2, 0.25) is 0 Å². The second-order valence-corrected chi connectivity index (χ2v) is 9.66. The zero-order chi connectivity index (χ0) is 21.9. The summed E-state index contributed by atoms with van der Waals surface area (Å²) in [7, 11) is -2.03. The second-order valence-electron chi connectivity index (χ2n) is 7.62. The maximum Gasteiger partial charge on any atom is 0.264 e. The van der Waals surface area contributed by atoms with Crippen molar-refractivity contribution in [3.05, 3.63) is 70.4 Å². The Labute approximate surface area is 177 Å². The molecule has 0 amide bonds. The van der Waals surface area contributed by atoms with Crippen molar-refractivity contribution in [2.75, 3.05) is 13.6 Å². The Kier molecular flexibility index (Phi) is 6.58. The number of aromatic nitrogens is 2. The average molecular weight is 430 g/mol. The van der Waals surface area contributed by atoms with E-state index in [1.54, 1.807) is 19.2 Å². The highest BCUT2D eigenvalue weighted by atomic mass is 32.2. The molecule has 0 N–H and O–H groups in total. The molecule has 2 aromatic carbocycles. The van der Waals surface area contributed by atoms with Gasteiger partial charge in [-0.3, -0.25) is 0 Å². The third kappa shape index (κ3) is 5.46. The zero-order valence-corrected chi connectivity index (χ0v) is 18.8.